The van der Waals surface area contributed by atoms with Gasteiger partial charge in [-0.15, -0.1) is 5.10 Å². The Morgan fingerprint density at radius 1 is 1.11 bits per heavy atom. The van der Waals surface area contributed by atoms with Crippen molar-refractivity contribution in [2.24, 2.45) is 5.92 Å². The molecule has 0 fully saturated rings. The Morgan fingerprint density at radius 2 is 1.93 bits per heavy atom. The van der Waals surface area contributed by atoms with Crippen molar-refractivity contribution in [1.29, 1.82) is 0 Å². The predicted octanol–water partition coefficient (Wildman–Crippen LogP) is 5.07. The van der Waals surface area contributed by atoms with Gasteiger partial charge in [-0.25, -0.2) is 18.4 Å². The van der Waals surface area contributed by atoms with Crippen LogP contribution in [0.3, 0.4) is 0 Å². The van der Waals surface area contributed by atoms with Crippen LogP contribution in [0.2, 0.25) is 5.02 Å². The Kier molecular flexibility index (Phi) is 8.99. The zero-order valence-corrected chi connectivity index (χ0v) is 25.5. The molecule has 5 aromatic rings. The van der Waals surface area contributed by atoms with Crippen molar-refractivity contribution in [3.8, 4) is 28.2 Å². The minimum Gasteiger partial charge on any atom is -0.394 e. The summed E-state index contributed by atoms with van der Waals surface area (Å²) in [5, 5.41) is 24.7. The quantitative estimate of drug-likeness (QED) is 0.259. The van der Waals surface area contributed by atoms with Gasteiger partial charge in [0.15, 0.2) is 0 Å². The SMILES string of the molecule is C[C@@H]1CCCC[C@H](n2cnc(-c3cc(Cl)ccc3-n3cc(C(F)F)nn3)cc2=O)c2cc(ccn2)-c2c(cnn2CCO)NC1=O. The van der Waals surface area contributed by atoms with Crippen LogP contribution in [-0.4, -0.2) is 56.9 Å². The monoisotopic (exact) mass is 649 g/mol. The lowest BCUT2D eigenvalue weighted by Gasteiger charge is -2.20. The molecule has 1 aromatic carbocycles. The molecule has 1 aliphatic heterocycles. The lowest BCUT2D eigenvalue weighted by Crippen LogP contribution is -2.26. The normalized spacial score (nSPS) is 17.1. The number of fused-ring (bicyclic) bond motifs is 4. The summed E-state index contributed by atoms with van der Waals surface area (Å²) in [6.45, 7) is 1.94. The Morgan fingerprint density at radius 3 is 2.70 bits per heavy atom. The minimum atomic E-state index is -2.80. The first-order chi connectivity index (χ1) is 22.2. The van der Waals surface area contributed by atoms with Crippen molar-refractivity contribution >= 4 is 23.2 Å². The number of hydrogen-bond acceptors (Lipinski definition) is 8. The number of benzene rings is 1. The molecule has 0 radical (unpaired) electrons. The third-order valence-electron chi connectivity index (χ3n) is 8.01. The van der Waals surface area contributed by atoms with E-state index in [1.165, 1.54) is 21.6 Å². The van der Waals surface area contributed by atoms with Crippen molar-refractivity contribution in [1.82, 2.24) is 39.3 Å². The van der Waals surface area contributed by atoms with Gasteiger partial charge in [0.2, 0.25) is 5.91 Å². The molecule has 15 heteroatoms. The van der Waals surface area contributed by atoms with Crippen molar-refractivity contribution in [3.63, 3.8) is 0 Å². The number of anilines is 1. The van der Waals surface area contributed by atoms with Crippen LogP contribution in [0, 0.1) is 5.92 Å². The highest BCUT2D eigenvalue weighted by molar-refractivity contribution is 6.31. The van der Waals surface area contributed by atoms with E-state index in [1.54, 1.807) is 41.3 Å². The number of aliphatic hydroxyl groups is 1. The van der Waals surface area contributed by atoms with E-state index in [0.717, 1.165) is 12.6 Å². The van der Waals surface area contributed by atoms with Gasteiger partial charge in [0.05, 0.1) is 66.4 Å². The van der Waals surface area contributed by atoms with Crippen LogP contribution in [-0.2, 0) is 11.3 Å². The van der Waals surface area contributed by atoms with E-state index in [4.69, 9.17) is 11.6 Å². The lowest BCUT2D eigenvalue weighted by molar-refractivity contribution is -0.119. The number of nitrogens with zero attached hydrogens (tertiary/aromatic N) is 8. The number of aromatic nitrogens is 8. The van der Waals surface area contributed by atoms with Gasteiger partial charge < -0.3 is 10.4 Å². The highest BCUT2D eigenvalue weighted by Gasteiger charge is 2.24. The molecule has 12 nitrogen and oxygen atoms in total. The first kappa shape index (κ1) is 31.2. The van der Waals surface area contributed by atoms with Gasteiger partial charge in [-0.3, -0.25) is 23.8 Å². The van der Waals surface area contributed by atoms with Gasteiger partial charge in [-0.1, -0.05) is 36.6 Å². The van der Waals surface area contributed by atoms with E-state index in [-0.39, 0.29) is 36.2 Å². The number of aliphatic hydroxyl groups excluding tert-OH is 1. The van der Waals surface area contributed by atoms with Crippen molar-refractivity contribution in [2.45, 2.75) is 51.6 Å². The van der Waals surface area contributed by atoms with E-state index < -0.39 is 18.2 Å². The number of rotatable bonds is 6. The second kappa shape index (κ2) is 13.3. The summed E-state index contributed by atoms with van der Waals surface area (Å²) in [5.41, 5.74) is 2.67. The lowest BCUT2D eigenvalue weighted by atomic mass is 9.99. The molecule has 2 atom stereocenters. The van der Waals surface area contributed by atoms with Crippen LogP contribution < -0.4 is 10.9 Å². The standard InChI is InChI=1S/C31H30ClF2N9O3/c1-18-4-2-3-5-27(23-12-19(8-9-35-23)29-24(38-31(18)46)15-37-42(29)10-11-44)41-17-36-22(14-28(41)45)21-13-20(32)6-7-26(21)43-16-25(30(33)34)39-40-43/h6-9,12-18,27,30,44H,2-5,10-11H2,1H3,(H,38,46)/t18-,27+/m1/s1. The molecule has 0 aliphatic carbocycles. The molecule has 6 rings (SSSR count). The van der Waals surface area contributed by atoms with Gasteiger partial charge in [0, 0.05) is 34.3 Å². The fourth-order valence-corrected chi connectivity index (χ4v) is 5.80. The van der Waals surface area contributed by atoms with Crippen molar-refractivity contribution in [2.75, 3.05) is 11.9 Å². The summed E-state index contributed by atoms with van der Waals surface area (Å²) in [5.74, 6) is -0.380. The predicted molar refractivity (Wildman–Crippen MR) is 166 cm³/mol. The first-order valence-corrected chi connectivity index (χ1v) is 15.1. The molecule has 1 amide bonds. The smallest absolute Gasteiger partial charge is 0.283 e. The maximum absolute atomic E-state index is 13.8. The fraction of sp³-hybridized carbons (Fsp3) is 0.323. The molecule has 46 heavy (non-hydrogen) atoms. The van der Waals surface area contributed by atoms with Crippen molar-refractivity contribution < 1.29 is 18.7 Å². The number of amides is 1. The number of halogens is 3. The molecule has 0 spiro atoms. The molecule has 0 saturated carbocycles. The average molecular weight is 650 g/mol. The average Bonchev–Trinajstić information content (AvgIpc) is 3.69. The number of carbonyl (C=O) groups excluding carboxylic acids is 1. The molecular weight excluding hydrogens is 620 g/mol. The number of hydrogen-bond donors (Lipinski definition) is 2. The Labute approximate surface area is 266 Å². The fourth-order valence-electron chi connectivity index (χ4n) is 5.63. The Bertz CT molecular complexity index is 1940. The summed E-state index contributed by atoms with van der Waals surface area (Å²) in [7, 11) is 0. The Hall–Kier alpha value is -4.82. The molecule has 2 bridgehead atoms. The van der Waals surface area contributed by atoms with Gasteiger partial charge in [-0.2, -0.15) is 5.10 Å². The second-order valence-electron chi connectivity index (χ2n) is 11.1. The molecule has 4 aromatic heterocycles. The molecule has 2 N–H and O–H groups in total. The summed E-state index contributed by atoms with van der Waals surface area (Å²) >= 11 is 6.29. The molecule has 1 aliphatic rings. The van der Waals surface area contributed by atoms with Crippen LogP contribution in [0.15, 0.2) is 66.1 Å². The number of carbonyl (C=O) groups is 1. The summed E-state index contributed by atoms with van der Waals surface area (Å²) in [6.07, 6.45) is 5.62. The minimum absolute atomic E-state index is 0.123. The highest BCUT2D eigenvalue weighted by atomic mass is 35.5. The topological polar surface area (TPSA) is 146 Å². The van der Waals surface area contributed by atoms with E-state index in [9.17, 15) is 23.5 Å². The molecule has 238 valence electrons. The maximum atomic E-state index is 13.8. The second-order valence-corrected chi connectivity index (χ2v) is 11.5. The molecule has 0 saturated heterocycles. The van der Waals surface area contributed by atoms with E-state index in [0.29, 0.717) is 58.2 Å². The van der Waals surface area contributed by atoms with Crippen LogP contribution in [0.1, 0.15) is 56.5 Å². The van der Waals surface area contributed by atoms with Crippen LogP contribution in [0.4, 0.5) is 14.5 Å². The summed E-state index contributed by atoms with van der Waals surface area (Å²) in [4.78, 5) is 36.0. The Balaban J connectivity index is 1.42. The van der Waals surface area contributed by atoms with Gasteiger partial charge in [-0.05, 0) is 43.2 Å². The van der Waals surface area contributed by atoms with Crippen LogP contribution in [0.5, 0.6) is 0 Å². The third-order valence-corrected chi connectivity index (χ3v) is 8.24. The molecule has 5 heterocycles. The highest BCUT2D eigenvalue weighted by Crippen LogP contribution is 2.33. The third kappa shape index (κ3) is 6.30. The zero-order chi connectivity index (χ0) is 32.4. The number of nitrogens with one attached hydrogen (secondary N) is 1. The molecule has 0 unspecified atom stereocenters. The molecular formula is C31H30ClF2N9O3. The zero-order valence-electron chi connectivity index (χ0n) is 24.7. The van der Waals surface area contributed by atoms with Gasteiger partial charge >= 0.3 is 0 Å². The summed E-state index contributed by atoms with van der Waals surface area (Å²) in [6, 6.07) is 9.28. The first-order valence-electron chi connectivity index (χ1n) is 14.8. The number of pyridine rings is 1. The van der Waals surface area contributed by atoms with E-state index in [2.05, 4.69) is 30.7 Å². The van der Waals surface area contributed by atoms with Crippen molar-refractivity contribution in [3.05, 3.63) is 88.1 Å². The van der Waals surface area contributed by atoms with E-state index in [1.807, 2.05) is 13.0 Å². The van der Waals surface area contributed by atoms with Crippen LogP contribution >= 0.6 is 11.6 Å². The van der Waals surface area contributed by atoms with Gasteiger partial charge in [0.1, 0.15) is 5.69 Å². The largest absolute Gasteiger partial charge is 0.394 e. The van der Waals surface area contributed by atoms with E-state index >= 15 is 0 Å². The maximum Gasteiger partial charge on any atom is 0.283 e. The summed E-state index contributed by atoms with van der Waals surface area (Å²) < 4.78 is 30.8. The number of alkyl halides is 2. The van der Waals surface area contributed by atoms with Crippen LogP contribution in [0.25, 0.3) is 28.2 Å². The van der Waals surface area contributed by atoms with Gasteiger partial charge in [0.25, 0.3) is 12.0 Å².